The Labute approximate surface area is 122 Å². The highest BCUT2D eigenvalue weighted by Gasteiger charge is 2.14. The number of rotatable bonds is 3. The highest BCUT2D eigenvalue weighted by atomic mass is 35.5. The molecule has 2 aromatic carbocycles. The van der Waals surface area contributed by atoms with Crippen molar-refractivity contribution in [2.75, 3.05) is 18.2 Å². The van der Waals surface area contributed by atoms with Gasteiger partial charge in [-0.1, -0.05) is 23.7 Å². The fourth-order valence-electron chi connectivity index (χ4n) is 1.82. The third-order valence-electron chi connectivity index (χ3n) is 2.91. The molecule has 20 heavy (non-hydrogen) atoms. The van der Waals surface area contributed by atoms with Crippen molar-refractivity contribution in [2.24, 2.45) is 0 Å². The Morgan fingerprint density at radius 2 is 2.05 bits per heavy atom. The summed E-state index contributed by atoms with van der Waals surface area (Å²) in [7, 11) is 1.52. The van der Waals surface area contributed by atoms with Crippen LogP contribution in [0.1, 0.15) is 15.9 Å². The molecule has 0 atom stereocenters. The summed E-state index contributed by atoms with van der Waals surface area (Å²) >= 11 is 6.14. The SMILES string of the molecule is COc1cc(N)ccc1NC(=O)c1cccc(C)c1Cl. The number of methoxy groups -OCH3 is 1. The first-order valence-corrected chi connectivity index (χ1v) is 6.40. The van der Waals surface area contributed by atoms with Crippen LogP contribution in [0.5, 0.6) is 5.75 Å². The van der Waals surface area contributed by atoms with Crippen molar-refractivity contribution >= 4 is 28.9 Å². The topological polar surface area (TPSA) is 64.3 Å². The minimum Gasteiger partial charge on any atom is -0.494 e. The lowest BCUT2D eigenvalue weighted by molar-refractivity contribution is 0.102. The minimum atomic E-state index is -0.290. The van der Waals surface area contributed by atoms with Crippen LogP contribution in [0.25, 0.3) is 0 Å². The standard InChI is InChI=1S/C15H15ClN2O2/c1-9-4-3-5-11(14(9)16)15(19)18-12-7-6-10(17)8-13(12)20-2/h3-8H,17H2,1-2H3,(H,18,19). The first kappa shape index (κ1) is 14.2. The highest BCUT2D eigenvalue weighted by molar-refractivity contribution is 6.35. The Kier molecular flexibility index (Phi) is 4.15. The molecule has 0 fully saturated rings. The van der Waals surface area contributed by atoms with Crippen LogP contribution in [0.4, 0.5) is 11.4 Å². The molecule has 2 rings (SSSR count). The molecule has 0 bridgehead atoms. The van der Waals surface area contributed by atoms with E-state index < -0.39 is 0 Å². The van der Waals surface area contributed by atoms with E-state index in [1.807, 2.05) is 13.0 Å². The van der Waals surface area contributed by atoms with E-state index in [1.54, 1.807) is 30.3 Å². The molecule has 0 spiro atoms. The van der Waals surface area contributed by atoms with Crippen LogP contribution < -0.4 is 15.8 Å². The number of halogens is 1. The highest BCUT2D eigenvalue weighted by Crippen LogP contribution is 2.28. The molecular weight excluding hydrogens is 276 g/mol. The lowest BCUT2D eigenvalue weighted by atomic mass is 10.1. The second-order valence-electron chi connectivity index (χ2n) is 4.35. The number of carbonyl (C=O) groups is 1. The van der Waals surface area contributed by atoms with E-state index in [0.717, 1.165) is 5.56 Å². The van der Waals surface area contributed by atoms with Crippen LogP contribution in [0.3, 0.4) is 0 Å². The van der Waals surface area contributed by atoms with E-state index in [1.165, 1.54) is 7.11 Å². The monoisotopic (exact) mass is 290 g/mol. The van der Waals surface area contributed by atoms with Gasteiger partial charge in [-0.25, -0.2) is 0 Å². The maximum Gasteiger partial charge on any atom is 0.257 e. The molecule has 0 aliphatic heterocycles. The lowest BCUT2D eigenvalue weighted by Crippen LogP contribution is -2.13. The summed E-state index contributed by atoms with van der Waals surface area (Å²) in [5.74, 6) is 0.212. The van der Waals surface area contributed by atoms with Crippen LogP contribution in [0.15, 0.2) is 36.4 Å². The fraction of sp³-hybridized carbons (Fsp3) is 0.133. The third-order valence-corrected chi connectivity index (χ3v) is 3.41. The van der Waals surface area contributed by atoms with Gasteiger partial charge in [0.15, 0.2) is 0 Å². The van der Waals surface area contributed by atoms with E-state index in [-0.39, 0.29) is 5.91 Å². The molecule has 3 N–H and O–H groups in total. The number of benzene rings is 2. The number of ether oxygens (including phenoxy) is 1. The van der Waals surface area contributed by atoms with Gasteiger partial charge in [-0.05, 0) is 30.7 Å². The Bertz CT molecular complexity index is 656. The largest absolute Gasteiger partial charge is 0.494 e. The van der Waals surface area contributed by atoms with E-state index in [4.69, 9.17) is 22.1 Å². The summed E-state index contributed by atoms with van der Waals surface area (Å²) in [6, 6.07) is 10.3. The van der Waals surface area contributed by atoms with Crippen molar-refractivity contribution in [3.63, 3.8) is 0 Å². The van der Waals surface area contributed by atoms with Gasteiger partial charge in [0.1, 0.15) is 5.75 Å². The lowest BCUT2D eigenvalue weighted by Gasteiger charge is -2.12. The zero-order chi connectivity index (χ0) is 14.7. The van der Waals surface area contributed by atoms with E-state index in [9.17, 15) is 4.79 Å². The normalized spacial score (nSPS) is 10.2. The van der Waals surface area contributed by atoms with Crippen LogP contribution in [-0.4, -0.2) is 13.0 Å². The zero-order valence-corrected chi connectivity index (χ0v) is 12.0. The predicted octanol–water partition coefficient (Wildman–Crippen LogP) is 3.49. The molecule has 0 radical (unpaired) electrons. The number of aryl methyl sites for hydroxylation is 1. The maximum atomic E-state index is 12.3. The molecular formula is C15H15ClN2O2. The maximum absolute atomic E-state index is 12.3. The smallest absolute Gasteiger partial charge is 0.257 e. The summed E-state index contributed by atoms with van der Waals surface area (Å²) in [5.41, 5.74) is 8.06. The number of carbonyl (C=O) groups excluding carboxylic acids is 1. The van der Waals surface area contributed by atoms with Gasteiger partial charge >= 0.3 is 0 Å². The number of nitrogen functional groups attached to an aromatic ring is 1. The van der Waals surface area contributed by atoms with Gasteiger partial charge in [-0.3, -0.25) is 4.79 Å². The fourth-order valence-corrected chi connectivity index (χ4v) is 2.04. The van der Waals surface area contributed by atoms with E-state index in [0.29, 0.717) is 27.7 Å². The van der Waals surface area contributed by atoms with Gasteiger partial charge in [-0.15, -0.1) is 0 Å². The van der Waals surface area contributed by atoms with Crippen LogP contribution >= 0.6 is 11.6 Å². The molecule has 1 amide bonds. The van der Waals surface area contributed by atoms with Crippen molar-refractivity contribution in [3.8, 4) is 5.75 Å². The average Bonchev–Trinajstić information content (AvgIpc) is 2.43. The molecule has 104 valence electrons. The summed E-state index contributed by atoms with van der Waals surface area (Å²) in [4.78, 5) is 12.3. The number of hydrogen-bond acceptors (Lipinski definition) is 3. The van der Waals surface area contributed by atoms with Gasteiger partial charge < -0.3 is 15.8 Å². The van der Waals surface area contributed by atoms with Gasteiger partial charge in [0, 0.05) is 11.8 Å². The molecule has 0 unspecified atom stereocenters. The second kappa shape index (κ2) is 5.84. The van der Waals surface area contributed by atoms with Crippen LogP contribution in [0, 0.1) is 6.92 Å². The Balaban J connectivity index is 2.30. The molecule has 5 heteroatoms. The summed E-state index contributed by atoms with van der Waals surface area (Å²) < 4.78 is 5.19. The van der Waals surface area contributed by atoms with Crippen molar-refractivity contribution in [2.45, 2.75) is 6.92 Å². The Hall–Kier alpha value is -2.20. The molecule has 0 aromatic heterocycles. The van der Waals surface area contributed by atoms with Crippen LogP contribution in [0.2, 0.25) is 5.02 Å². The Morgan fingerprint density at radius 1 is 1.30 bits per heavy atom. The summed E-state index contributed by atoms with van der Waals surface area (Å²) in [6.07, 6.45) is 0. The van der Waals surface area contributed by atoms with Gasteiger partial charge in [-0.2, -0.15) is 0 Å². The minimum absolute atomic E-state index is 0.290. The van der Waals surface area contributed by atoms with E-state index in [2.05, 4.69) is 5.32 Å². The molecule has 0 aliphatic carbocycles. The Morgan fingerprint density at radius 3 is 2.75 bits per heavy atom. The quantitative estimate of drug-likeness (QED) is 0.851. The predicted molar refractivity (Wildman–Crippen MR) is 81.5 cm³/mol. The number of nitrogens with one attached hydrogen (secondary N) is 1. The molecule has 0 heterocycles. The summed E-state index contributed by atoms with van der Waals surface area (Å²) in [6.45, 7) is 1.85. The third kappa shape index (κ3) is 2.86. The molecule has 2 aromatic rings. The van der Waals surface area contributed by atoms with Gasteiger partial charge in [0.05, 0.1) is 23.4 Å². The second-order valence-corrected chi connectivity index (χ2v) is 4.73. The number of nitrogens with two attached hydrogens (primary N) is 1. The van der Waals surface area contributed by atoms with Crippen LogP contribution in [-0.2, 0) is 0 Å². The first-order chi connectivity index (χ1) is 9.52. The van der Waals surface area contributed by atoms with Crippen molar-refractivity contribution in [1.29, 1.82) is 0 Å². The van der Waals surface area contributed by atoms with Gasteiger partial charge in [0.25, 0.3) is 5.91 Å². The molecule has 0 saturated heterocycles. The number of hydrogen-bond donors (Lipinski definition) is 2. The van der Waals surface area contributed by atoms with Gasteiger partial charge in [0.2, 0.25) is 0 Å². The number of anilines is 2. The summed E-state index contributed by atoms with van der Waals surface area (Å²) in [5, 5.41) is 3.21. The van der Waals surface area contributed by atoms with Crippen molar-refractivity contribution in [3.05, 3.63) is 52.5 Å². The van der Waals surface area contributed by atoms with Crippen molar-refractivity contribution < 1.29 is 9.53 Å². The average molecular weight is 291 g/mol. The number of amides is 1. The first-order valence-electron chi connectivity index (χ1n) is 6.03. The van der Waals surface area contributed by atoms with Crippen molar-refractivity contribution in [1.82, 2.24) is 0 Å². The molecule has 0 aliphatic rings. The molecule has 4 nitrogen and oxygen atoms in total. The zero-order valence-electron chi connectivity index (χ0n) is 11.2. The molecule has 0 saturated carbocycles. The van der Waals surface area contributed by atoms with E-state index >= 15 is 0 Å².